The smallest absolute Gasteiger partial charge is 0.324 e. The van der Waals surface area contributed by atoms with Crippen LogP contribution >= 0.6 is 0 Å². The first-order valence-electron chi connectivity index (χ1n) is 25.3. The second kappa shape index (κ2) is 20.9. The molecule has 6 bridgehead atoms. The molecule has 0 saturated carbocycles. The molecule has 2 aromatic carbocycles. The summed E-state index contributed by atoms with van der Waals surface area (Å²) >= 11 is 0. The number of nitrogens with zero attached hydrogens (tertiary/aromatic N) is 6. The molecule has 3 saturated heterocycles. The van der Waals surface area contributed by atoms with Crippen LogP contribution in [0.4, 0.5) is 0 Å². The number of methoxy groups -OCH3 is 1. The zero-order valence-electron chi connectivity index (χ0n) is 42.9. The van der Waals surface area contributed by atoms with Crippen LogP contribution in [0.5, 0.6) is 5.75 Å². The van der Waals surface area contributed by atoms with Crippen molar-refractivity contribution in [3.05, 3.63) is 83.7 Å². The minimum atomic E-state index is -1.16. The summed E-state index contributed by atoms with van der Waals surface area (Å²) in [6.07, 6.45) is 7.37. The monoisotopic (exact) mass is 973 g/mol. The summed E-state index contributed by atoms with van der Waals surface area (Å²) in [5.41, 5.74) is 8.81. The Morgan fingerprint density at radius 1 is 1.04 bits per heavy atom. The summed E-state index contributed by atoms with van der Waals surface area (Å²) in [4.78, 5) is 81.4. The number of hydrogen-bond acceptors (Lipinski definition) is 11. The summed E-state index contributed by atoms with van der Waals surface area (Å²) in [7, 11) is 5.53. The maximum Gasteiger partial charge on any atom is 0.324 e. The maximum absolute atomic E-state index is 14.9. The Hall–Kier alpha value is -6.10. The summed E-state index contributed by atoms with van der Waals surface area (Å²) in [6.45, 7) is 14.8. The molecule has 6 heterocycles. The molecule has 2 aromatic heterocycles. The maximum atomic E-state index is 14.9. The molecular formula is C55H72N8O8. The number of aromatic nitrogens is 2. The van der Waals surface area contributed by atoms with Gasteiger partial charge in [0.1, 0.15) is 23.9 Å². The predicted molar refractivity (Wildman–Crippen MR) is 272 cm³/mol. The Morgan fingerprint density at radius 2 is 1.82 bits per heavy atom. The molecule has 4 aliphatic rings. The molecular weight excluding hydrogens is 901 g/mol. The summed E-state index contributed by atoms with van der Waals surface area (Å²) in [5, 5.41) is 16.9. The Labute approximate surface area is 417 Å². The summed E-state index contributed by atoms with van der Waals surface area (Å²) in [6, 6.07) is 12.7. The topological polar surface area (TPSA) is 179 Å². The number of phenolic OH excluding ortho intramolecular Hbond substituents is 1. The van der Waals surface area contributed by atoms with Gasteiger partial charge in [-0.15, -0.1) is 0 Å². The highest BCUT2D eigenvalue weighted by atomic mass is 16.5. The average molecular weight is 973 g/mol. The quantitative estimate of drug-likeness (QED) is 0.118. The minimum absolute atomic E-state index is 0.000110. The third-order valence-electron chi connectivity index (χ3n) is 14.9. The van der Waals surface area contributed by atoms with Crippen molar-refractivity contribution in [3.8, 4) is 28.1 Å². The van der Waals surface area contributed by atoms with Crippen molar-refractivity contribution in [2.75, 3.05) is 60.5 Å². The molecule has 380 valence electrons. The van der Waals surface area contributed by atoms with Gasteiger partial charge in [-0.25, -0.2) is 5.43 Å². The lowest BCUT2D eigenvalue weighted by molar-refractivity contribution is -0.155. The normalized spacial score (nSPS) is 22.7. The van der Waals surface area contributed by atoms with Crippen molar-refractivity contribution < 1.29 is 38.6 Å². The van der Waals surface area contributed by atoms with Crippen LogP contribution in [-0.4, -0.2) is 143 Å². The average Bonchev–Trinajstić information content (AvgIpc) is 4.01. The summed E-state index contributed by atoms with van der Waals surface area (Å²) in [5.74, 6) is -2.05. The number of rotatable bonds is 11. The van der Waals surface area contributed by atoms with Crippen LogP contribution in [-0.2, 0) is 52.8 Å². The lowest BCUT2D eigenvalue weighted by Gasteiger charge is -2.37. The molecule has 4 amide bonds. The number of hydrazine groups is 1. The first-order valence-corrected chi connectivity index (χ1v) is 25.3. The van der Waals surface area contributed by atoms with E-state index in [-0.39, 0.29) is 55.7 Å². The number of likely N-dealkylation sites (tertiary alicyclic amines) is 2. The lowest BCUT2D eigenvalue weighted by atomic mass is 9.84. The highest BCUT2D eigenvalue weighted by molar-refractivity contribution is 5.97. The minimum Gasteiger partial charge on any atom is -0.508 e. The van der Waals surface area contributed by atoms with E-state index in [2.05, 4.69) is 54.3 Å². The Bertz CT molecular complexity index is 2710. The van der Waals surface area contributed by atoms with E-state index in [0.717, 1.165) is 44.5 Å². The van der Waals surface area contributed by atoms with Crippen molar-refractivity contribution in [3.63, 3.8) is 0 Å². The van der Waals surface area contributed by atoms with Crippen LogP contribution in [0.1, 0.15) is 90.2 Å². The van der Waals surface area contributed by atoms with E-state index in [4.69, 9.17) is 14.5 Å². The van der Waals surface area contributed by atoms with E-state index in [1.807, 2.05) is 64.0 Å². The first kappa shape index (κ1) is 51.3. The fourth-order valence-corrected chi connectivity index (χ4v) is 11.1. The van der Waals surface area contributed by atoms with Gasteiger partial charge in [0.25, 0.3) is 5.91 Å². The van der Waals surface area contributed by atoms with Crippen LogP contribution in [0, 0.1) is 16.7 Å². The fraction of sp³-hybridized carbons (Fsp3) is 0.527. The number of pyridine rings is 1. The number of cyclic esters (lactones) is 1. The number of esters is 1. The number of ether oxygens (including phenoxy) is 2. The third kappa shape index (κ3) is 10.6. The molecule has 0 unspecified atom stereocenters. The number of hydrogen-bond donors (Lipinski definition) is 3. The third-order valence-corrected chi connectivity index (χ3v) is 14.9. The Morgan fingerprint density at radius 3 is 2.55 bits per heavy atom. The molecule has 4 aliphatic heterocycles. The van der Waals surface area contributed by atoms with E-state index >= 15 is 0 Å². The second-order valence-corrected chi connectivity index (χ2v) is 21.4. The van der Waals surface area contributed by atoms with Gasteiger partial charge in [-0.2, -0.15) is 0 Å². The number of carbonyl (C=O) groups is 5. The van der Waals surface area contributed by atoms with Crippen molar-refractivity contribution >= 4 is 40.5 Å². The number of aryl methyl sites for hydroxylation is 1. The number of phenols is 1. The van der Waals surface area contributed by atoms with Gasteiger partial charge in [0, 0.05) is 87.0 Å². The predicted octanol–water partition coefficient (Wildman–Crippen LogP) is 6.05. The first-order chi connectivity index (χ1) is 33.8. The van der Waals surface area contributed by atoms with Gasteiger partial charge in [-0.3, -0.25) is 34.0 Å². The van der Waals surface area contributed by atoms with E-state index in [1.165, 1.54) is 5.01 Å². The number of likely N-dealkylation sites (N-methyl/N-ethyl adjacent to an activating group) is 1. The molecule has 3 fully saturated rings. The van der Waals surface area contributed by atoms with Crippen molar-refractivity contribution in [1.82, 2.24) is 40.0 Å². The molecule has 4 aromatic rings. The zero-order chi connectivity index (χ0) is 50.9. The summed E-state index contributed by atoms with van der Waals surface area (Å²) < 4.78 is 14.3. The SMILES string of the molecule is CCn1c(-c2cccnc2[C@H](C)OC)c2c3cc(ccc31)-c1cc(O)cc(c1)C[C@H](NC(=O)[C@H](C(C)C)N1CC[C@@]3(CCN(C(=O)/C=C/CN(C)C)C3)C1=O)C(=O)N1CCC[C@H](N1)C(=O)OCC(C)(C)C2. The van der Waals surface area contributed by atoms with E-state index in [1.54, 1.807) is 41.3 Å². The zero-order valence-corrected chi connectivity index (χ0v) is 42.9. The van der Waals surface area contributed by atoms with Crippen molar-refractivity contribution in [2.45, 2.75) is 111 Å². The van der Waals surface area contributed by atoms with Gasteiger partial charge in [-0.05, 0) is 125 Å². The molecule has 16 nitrogen and oxygen atoms in total. The van der Waals surface area contributed by atoms with Gasteiger partial charge >= 0.3 is 5.97 Å². The molecule has 3 N–H and O–H groups in total. The van der Waals surface area contributed by atoms with Crippen LogP contribution in [0.3, 0.4) is 0 Å². The fourth-order valence-electron chi connectivity index (χ4n) is 11.1. The van der Waals surface area contributed by atoms with Gasteiger partial charge in [0.15, 0.2) is 0 Å². The van der Waals surface area contributed by atoms with Crippen LogP contribution < -0.4 is 10.7 Å². The van der Waals surface area contributed by atoms with Crippen LogP contribution in [0.25, 0.3) is 33.3 Å². The number of amides is 4. The van der Waals surface area contributed by atoms with Crippen LogP contribution in [0.2, 0.25) is 0 Å². The largest absolute Gasteiger partial charge is 0.508 e. The van der Waals surface area contributed by atoms with E-state index < -0.39 is 46.7 Å². The lowest BCUT2D eigenvalue weighted by Crippen LogP contribution is -2.62. The molecule has 8 rings (SSSR count). The van der Waals surface area contributed by atoms with E-state index in [9.17, 15) is 29.1 Å². The number of carbonyl (C=O) groups excluding carboxylic acids is 5. The standard InChI is InChI=1S/C55H72N8O8/c1-10-61-45-18-17-37-30-41(45)42(49(61)40-14-11-21-56-47(40)35(4)70-9)31-54(5,6)33-71-52(68)43-15-12-23-63(58-43)51(67)44(28-36-26-38(37)29-39(64)27-36)57-50(66)48(34(2)3)62-25-20-55(53(62)69)19-24-60(32-55)46(65)16-13-22-59(7)8/h11,13-14,16-18,21,26-27,29-30,34-35,43-44,48,58,64H,10,12,15,19-20,22-25,28,31-33H2,1-9H3,(H,57,66)/b16-13+/t35-,43-,44-,48-,55+/m0/s1. The number of benzene rings is 2. The van der Waals surface area contributed by atoms with Gasteiger partial charge in [0.05, 0.1) is 29.5 Å². The van der Waals surface area contributed by atoms with Crippen molar-refractivity contribution in [2.24, 2.45) is 16.7 Å². The highest BCUT2D eigenvalue weighted by Gasteiger charge is 2.54. The molecule has 5 atom stereocenters. The molecule has 1 spiro atoms. The highest BCUT2D eigenvalue weighted by Crippen LogP contribution is 2.44. The number of fused-ring (bicyclic) bond motifs is 6. The molecule has 0 radical (unpaired) electrons. The second-order valence-electron chi connectivity index (χ2n) is 21.4. The van der Waals surface area contributed by atoms with Gasteiger partial charge in [0.2, 0.25) is 17.7 Å². The van der Waals surface area contributed by atoms with E-state index in [0.29, 0.717) is 63.8 Å². The molecule has 0 aliphatic carbocycles. The van der Waals surface area contributed by atoms with Crippen LogP contribution in [0.15, 0.2) is 66.9 Å². The Kier molecular flexibility index (Phi) is 15.1. The van der Waals surface area contributed by atoms with Gasteiger partial charge < -0.3 is 39.2 Å². The Balaban J connectivity index is 1.16. The van der Waals surface area contributed by atoms with Crippen molar-refractivity contribution in [1.29, 1.82) is 0 Å². The van der Waals surface area contributed by atoms with Gasteiger partial charge in [-0.1, -0.05) is 45.9 Å². The molecule has 16 heteroatoms. The number of nitrogens with one attached hydrogen (secondary N) is 2. The number of aromatic hydroxyl groups is 1. The molecule has 71 heavy (non-hydrogen) atoms.